The van der Waals surface area contributed by atoms with Crippen LogP contribution >= 0.6 is 34.7 Å². The molecule has 0 bridgehead atoms. The van der Waals surface area contributed by atoms with E-state index in [-0.39, 0.29) is 28.6 Å². The number of aromatic nitrogens is 3. The van der Waals surface area contributed by atoms with Gasteiger partial charge >= 0.3 is 0 Å². The Bertz CT molecular complexity index is 1130. The van der Waals surface area contributed by atoms with E-state index in [1.54, 1.807) is 24.3 Å². The molecule has 0 radical (unpaired) electrons. The van der Waals surface area contributed by atoms with E-state index in [0.29, 0.717) is 15.7 Å². The summed E-state index contributed by atoms with van der Waals surface area (Å²) in [5.41, 5.74) is 2.28. The Morgan fingerprint density at radius 2 is 1.83 bits per heavy atom. The number of anilines is 1. The van der Waals surface area contributed by atoms with Crippen LogP contribution in [0.25, 0.3) is 22.7 Å². The Morgan fingerprint density at radius 1 is 1.10 bits per heavy atom. The van der Waals surface area contributed by atoms with Crippen LogP contribution in [0.4, 0.5) is 9.52 Å². The fourth-order valence-corrected chi connectivity index (χ4v) is 3.77. The Labute approximate surface area is 178 Å². The van der Waals surface area contributed by atoms with Crippen molar-refractivity contribution in [2.24, 2.45) is 0 Å². The van der Waals surface area contributed by atoms with Gasteiger partial charge in [-0.05, 0) is 36.4 Å². The van der Waals surface area contributed by atoms with Crippen molar-refractivity contribution < 1.29 is 13.6 Å². The van der Waals surface area contributed by atoms with E-state index in [2.05, 4.69) is 20.5 Å². The van der Waals surface area contributed by atoms with Gasteiger partial charge in [-0.25, -0.2) is 9.37 Å². The number of thiazole rings is 1. The molecule has 2 heterocycles. The number of halogens is 2. The van der Waals surface area contributed by atoms with E-state index in [0.717, 1.165) is 23.0 Å². The maximum Gasteiger partial charge on any atom is 0.277 e. The van der Waals surface area contributed by atoms with E-state index in [9.17, 15) is 9.18 Å². The third-order valence-electron chi connectivity index (χ3n) is 3.71. The number of rotatable bonds is 6. The van der Waals surface area contributed by atoms with Gasteiger partial charge in [-0.3, -0.25) is 4.79 Å². The van der Waals surface area contributed by atoms with Gasteiger partial charge in [0.1, 0.15) is 5.82 Å². The summed E-state index contributed by atoms with van der Waals surface area (Å²) in [6.07, 6.45) is 0. The molecule has 146 valence electrons. The molecular weight excluding hydrogens is 435 g/mol. The van der Waals surface area contributed by atoms with E-state index >= 15 is 0 Å². The molecular formula is C19H12ClFN4O2S2. The molecule has 6 nitrogen and oxygen atoms in total. The second kappa shape index (κ2) is 8.73. The van der Waals surface area contributed by atoms with Gasteiger partial charge in [-0.15, -0.1) is 21.5 Å². The number of benzene rings is 2. The van der Waals surface area contributed by atoms with Crippen LogP contribution in [0.1, 0.15) is 0 Å². The number of amides is 1. The van der Waals surface area contributed by atoms with Crippen molar-refractivity contribution in [2.75, 3.05) is 11.1 Å². The maximum atomic E-state index is 13.0. The minimum Gasteiger partial charge on any atom is -0.411 e. The Kier molecular flexibility index (Phi) is 5.89. The third-order valence-corrected chi connectivity index (χ3v) is 5.54. The Morgan fingerprint density at radius 3 is 2.59 bits per heavy atom. The minimum absolute atomic E-state index is 0.0842. The smallest absolute Gasteiger partial charge is 0.277 e. The molecule has 0 aliphatic rings. The molecule has 0 aliphatic carbocycles. The van der Waals surface area contributed by atoms with E-state index < -0.39 is 0 Å². The molecule has 0 atom stereocenters. The normalized spacial score (nSPS) is 10.8. The van der Waals surface area contributed by atoms with Crippen molar-refractivity contribution in [3.63, 3.8) is 0 Å². The summed E-state index contributed by atoms with van der Waals surface area (Å²) in [6.45, 7) is 0. The molecule has 0 unspecified atom stereocenters. The first kappa shape index (κ1) is 19.6. The second-order valence-corrected chi connectivity index (χ2v) is 7.98. The van der Waals surface area contributed by atoms with Crippen molar-refractivity contribution in [3.05, 3.63) is 64.8 Å². The van der Waals surface area contributed by atoms with Crippen LogP contribution in [-0.4, -0.2) is 26.8 Å². The first-order valence-corrected chi connectivity index (χ1v) is 10.5. The van der Waals surface area contributed by atoms with Gasteiger partial charge in [0.25, 0.3) is 5.22 Å². The average Bonchev–Trinajstić information content (AvgIpc) is 3.37. The van der Waals surface area contributed by atoms with Crippen LogP contribution in [-0.2, 0) is 4.79 Å². The summed E-state index contributed by atoms with van der Waals surface area (Å²) < 4.78 is 18.5. The standard InChI is InChI=1S/C19H12ClFN4O2S2/c20-13-5-1-11(2-6-13)15-9-28-18(22-15)23-16(26)10-29-19-25-24-17(27-19)12-3-7-14(21)8-4-12/h1-9H,10H2,(H,22,23,26). The van der Waals surface area contributed by atoms with E-state index in [1.807, 2.05) is 17.5 Å². The molecule has 4 rings (SSSR count). The SMILES string of the molecule is O=C(CSc1nnc(-c2ccc(F)cc2)o1)Nc1nc(-c2ccc(Cl)cc2)cs1. The molecule has 10 heteroatoms. The first-order chi connectivity index (χ1) is 14.1. The number of carbonyl (C=O) groups is 1. The summed E-state index contributed by atoms with van der Waals surface area (Å²) >= 11 is 8.33. The number of nitrogens with zero attached hydrogens (tertiary/aromatic N) is 3. The zero-order chi connectivity index (χ0) is 20.2. The largest absolute Gasteiger partial charge is 0.411 e. The summed E-state index contributed by atoms with van der Waals surface area (Å²) in [7, 11) is 0. The second-order valence-electron chi connectivity index (χ2n) is 5.76. The highest BCUT2D eigenvalue weighted by Gasteiger charge is 2.13. The fourth-order valence-electron chi connectivity index (χ4n) is 2.34. The van der Waals surface area contributed by atoms with Gasteiger partial charge in [-0.1, -0.05) is 35.5 Å². The van der Waals surface area contributed by atoms with Crippen LogP contribution in [0, 0.1) is 5.82 Å². The highest BCUT2D eigenvalue weighted by Crippen LogP contribution is 2.27. The van der Waals surface area contributed by atoms with Gasteiger partial charge in [0, 0.05) is 21.5 Å². The molecule has 1 amide bonds. The molecule has 0 spiro atoms. The number of thioether (sulfide) groups is 1. The molecule has 0 fully saturated rings. The third kappa shape index (κ3) is 5.00. The number of nitrogens with one attached hydrogen (secondary N) is 1. The molecule has 0 aliphatic heterocycles. The zero-order valence-corrected chi connectivity index (χ0v) is 17.0. The Balaban J connectivity index is 1.33. The van der Waals surface area contributed by atoms with Gasteiger partial charge in [0.15, 0.2) is 5.13 Å². The minimum atomic E-state index is -0.346. The summed E-state index contributed by atoms with van der Waals surface area (Å²) in [6, 6.07) is 13.0. The van der Waals surface area contributed by atoms with Crippen molar-refractivity contribution in [2.45, 2.75) is 5.22 Å². The summed E-state index contributed by atoms with van der Waals surface area (Å²) in [4.78, 5) is 16.6. The molecule has 1 N–H and O–H groups in total. The van der Waals surface area contributed by atoms with Crippen molar-refractivity contribution >= 4 is 45.7 Å². The first-order valence-electron chi connectivity index (χ1n) is 8.30. The molecule has 4 aromatic rings. The number of carbonyl (C=O) groups excluding carboxylic acids is 1. The van der Waals surface area contributed by atoms with Gasteiger partial charge in [-0.2, -0.15) is 0 Å². The predicted molar refractivity (Wildman–Crippen MR) is 112 cm³/mol. The van der Waals surface area contributed by atoms with Crippen LogP contribution in [0.2, 0.25) is 5.02 Å². The highest BCUT2D eigenvalue weighted by atomic mass is 35.5. The lowest BCUT2D eigenvalue weighted by molar-refractivity contribution is -0.113. The molecule has 0 saturated carbocycles. The monoisotopic (exact) mass is 446 g/mol. The lowest BCUT2D eigenvalue weighted by Crippen LogP contribution is -2.13. The number of hydrogen-bond donors (Lipinski definition) is 1. The van der Waals surface area contributed by atoms with Crippen LogP contribution in [0.5, 0.6) is 0 Å². The molecule has 2 aromatic carbocycles. The van der Waals surface area contributed by atoms with Crippen molar-refractivity contribution in [3.8, 4) is 22.7 Å². The van der Waals surface area contributed by atoms with Crippen molar-refractivity contribution in [1.29, 1.82) is 0 Å². The summed E-state index contributed by atoms with van der Waals surface area (Å²) in [5, 5.41) is 13.8. The molecule has 2 aromatic heterocycles. The van der Waals surface area contributed by atoms with Crippen LogP contribution < -0.4 is 5.32 Å². The van der Waals surface area contributed by atoms with Crippen LogP contribution in [0.3, 0.4) is 0 Å². The highest BCUT2D eigenvalue weighted by molar-refractivity contribution is 7.99. The number of hydrogen-bond acceptors (Lipinski definition) is 7. The lowest BCUT2D eigenvalue weighted by Gasteiger charge is -1.99. The van der Waals surface area contributed by atoms with Gasteiger partial charge in [0.05, 0.1) is 11.4 Å². The maximum absolute atomic E-state index is 13.0. The van der Waals surface area contributed by atoms with E-state index in [4.69, 9.17) is 16.0 Å². The topological polar surface area (TPSA) is 80.9 Å². The summed E-state index contributed by atoms with van der Waals surface area (Å²) in [5.74, 6) is -0.240. The van der Waals surface area contributed by atoms with Gasteiger partial charge < -0.3 is 9.73 Å². The quantitative estimate of drug-likeness (QED) is 0.400. The fraction of sp³-hybridized carbons (Fsp3) is 0.0526. The zero-order valence-electron chi connectivity index (χ0n) is 14.6. The van der Waals surface area contributed by atoms with Crippen LogP contribution in [0.15, 0.2) is 63.6 Å². The van der Waals surface area contributed by atoms with E-state index in [1.165, 1.54) is 23.5 Å². The molecule has 29 heavy (non-hydrogen) atoms. The predicted octanol–water partition coefficient (Wildman–Crippen LogP) is 5.38. The molecule has 0 saturated heterocycles. The van der Waals surface area contributed by atoms with Gasteiger partial charge in [0.2, 0.25) is 11.8 Å². The lowest BCUT2D eigenvalue weighted by atomic mass is 10.2. The Hall–Kier alpha value is -2.75. The average molecular weight is 447 g/mol. The van der Waals surface area contributed by atoms with Crippen molar-refractivity contribution in [1.82, 2.24) is 15.2 Å².